The number of hydrazone groups is 2. The monoisotopic (exact) mass is 826 g/mol. The van der Waals surface area contributed by atoms with Gasteiger partial charge in [0.2, 0.25) is 0 Å². The second-order valence-electron chi connectivity index (χ2n) is 7.83. The van der Waals surface area contributed by atoms with Crippen LogP contribution in [0.2, 0.25) is 0 Å². The van der Waals surface area contributed by atoms with E-state index < -0.39 is 11.8 Å². The van der Waals surface area contributed by atoms with Crippen molar-refractivity contribution >= 4 is 24.2 Å². The van der Waals surface area contributed by atoms with Gasteiger partial charge < -0.3 is 21.2 Å². The minimum atomic E-state index is -0.399. The van der Waals surface area contributed by atoms with Crippen molar-refractivity contribution < 1.29 is 98.1 Å². The van der Waals surface area contributed by atoms with Gasteiger partial charge in [0.1, 0.15) is 11.5 Å². The Morgan fingerprint density at radius 1 is 0.617 bits per heavy atom. The molecule has 0 saturated carbocycles. The Morgan fingerprint density at radius 3 is 1.26 bits per heavy atom. The molecule has 0 atom stereocenters. The van der Waals surface area contributed by atoms with E-state index in [-0.39, 0.29) is 22.5 Å². The first-order valence-corrected chi connectivity index (χ1v) is 13.5. The minimum absolute atomic E-state index is 0. The number of benzene rings is 2. The zero-order chi connectivity index (χ0) is 34.0. The summed E-state index contributed by atoms with van der Waals surface area (Å²) in [6.45, 7) is 0. The third kappa shape index (κ3) is 17.0. The maximum absolute atomic E-state index is 12.1. The molecule has 2 amide bonds. The van der Waals surface area contributed by atoms with Crippen LogP contribution in [0.25, 0.3) is 0 Å². The molecule has 0 aliphatic carbocycles. The first-order chi connectivity index (χ1) is 22.0. The predicted octanol–water partition coefficient (Wildman–Crippen LogP) is 1.15. The third-order valence-electron chi connectivity index (χ3n) is 5.22. The molecule has 12 N–H and O–H groups in total. The van der Waals surface area contributed by atoms with Crippen molar-refractivity contribution in [2.75, 3.05) is 0 Å². The van der Waals surface area contributed by atoms with Gasteiger partial charge in [-0.2, -0.15) is 10.2 Å². The number of pyridine rings is 2. The van der Waals surface area contributed by atoms with Crippen molar-refractivity contribution in [1.29, 1.82) is 0 Å². The Kier molecular flexibility index (Phi) is 28.7. The molecule has 252 valence electrons. The molecule has 2 aromatic carbocycles. The van der Waals surface area contributed by atoms with Crippen LogP contribution in [-0.2, 0) is 52.8 Å². The van der Waals surface area contributed by atoms with Crippen molar-refractivity contribution in [2.24, 2.45) is 10.2 Å². The van der Waals surface area contributed by atoms with Crippen LogP contribution < -0.4 is 10.9 Å². The van der Waals surface area contributed by atoms with E-state index in [0.717, 1.165) is 11.1 Å². The SMILES string of the molecule is O.O.O=C(N/N=C/c1cc(Cc2ccc(O)c(/C=N/NC(=O)c3ccncc3)c2)ccc1O)c1ccncc1.OO.OO.[O]=[Mo].[O]=[Mo]. The molecule has 2 aromatic heterocycles. The number of amides is 2. The van der Waals surface area contributed by atoms with Crippen LogP contribution in [0.4, 0.5) is 0 Å². The van der Waals surface area contributed by atoms with E-state index >= 15 is 0 Å². The molecule has 0 bridgehead atoms. The van der Waals surface area contributed by atoms with Crippen molar-refractivity contribution in [3.05, 3.63) is 119 Å². The number of aromatic nitrogens is 2. The van der Waals surface area contributed by atoms with Crippen LogP contribution in [0.3, 0.4) is 0 Å². The summed E-state index contributed by atoms with van der Waals surface area (Å²) in [6, 6.07) is 16.3. The van der Waals surface area contributed by atoms with Crippen molar-refractivity contribution in [1.82, 2.24) is 20.8 Å². The molecule has 0 saturated heterocycles. The Morgan fingerprint density at radius 2 is 0.936 bits per heavy atom. The molecule has 0 radical (unpaired) electrons. The molecule has 47 heavy (non-hydrogen) atoms. The van der Waals surface area contributed by atoms with Crippen LogP contribution in [0.15, 0.2) is 95.7 Å². The van der Waals surface area contributed by atoms with Gasteiger partial charge in [-0.25, -0.2) is 10.9 Å². The van der Waals surface area contributed by atoms with Crippen LogP contribution in [0.1, 0.15) is 43.0 Å². The molecule has 2 heterocycles. The normalized spacial score (nSPS) is 9.11. The van der Waals surface area contributed by atoms with Gasteiger partial charge in [0.25, 0.3) is 11.8 Å². The summed E-state index contributed by atoms with van der Waals surface area (Å²) < 4.78 is 16.5. The predicted molar refractivity (Wildman–Crippen MR) is 157 cm³/mol. The van der Waals surface area contributed by atoms with Crippen LogP contribution in [0, 0.1) is 0 Å². The quantitative estimate of drug-likeness (QED) is 0.0537. The zero-order valence-electron chi connectivity index (χ0n) is 23.9. The Hall–Kier alpha value is -4.64. The number of carbonyl (C=O) groups excluding carboxylic acids is 2. The number of hydrogen-bond acceptors (Lipinski definition) is 14. The fourth-order valence-corrected chi connectivity index (χ4v) is 3.33. The number of rotatable bonds is 8. The standard InChI is InChI=1S/C27H22N6O4.2Mo.2H2O2.2H2O.2O/c34-24-3-1-18(14-22(24)16-30-32-26(36)20-5-9-28-10-6-20)13-19-2-4-25(35)23(15-19)17-31-33-27(37)21-7-11-29-12-8-21;;;2*1-2;;;;/h1-12,14-17,34-35H,13H2,(H,32,36)(H,33,37);;;2*1-2H;2*1H2;;/b30-16+,31-17+;;;;;;;;. The first-order valence-electron chi connectivity index (χ1n) is 11.8. The molecule has 0 unspecified atom stereocenters. The van der Waals surface area contributed by atoms with E-state index in [0.29, 0.717) is 68.2 Å². The molecular formula is C27H30Mo2N6O12. The van der Waals surface area contributed by atoms with E-state index in [1.807, 2.05) is 0 Å². The molecule has 0 aliphatic heterocycles. The van der Waals surface area contributed by atoms with Gasteiger partial charge in [-0.15, -0.1) is 0 Å². The van der Waals surface area contributed by atoms with Gasteiger partial charge in [-0.05, 0) is 66.1 Å². The van der Waals surface area contributed by atoms with E-state index in [4.69, 9.17) is 27.8 Å². The number of nitrogens with zero attached hydrogens (tertiary/aromatic N) is 4. The van der Waals surface area contributed by atoms with Gasteiger partial charge in [0.15, 0.2) is 0 Å². The van der Waals surface area contributed by atoms with Gasteiger partial charge in [0, 0.05) is 47.0 Å². The zero-order valence-corrected chi connectivity index (χ0v) is 27.9. The fourth-order valence-electron chi connectivity index (χ4n) is 3.33. The van der Waals surface area contributed by atoms with Crippen molar-refractivity contribution in [3.8, 4) is 11.5 Å². The van der Waals surface area contributed by atoms with Gasteiger partial charge in [-0.3, -0.25) is 40.6 Å². The first kappa shape index (κ1) is 46.8. The van der Waals surface area contributed by atoms with Crippen LogP contribution >= 0.6 is 0 Å². The third-order valence-corrected chi connectivity index (χ3v) is 5.22. The average Bonchev–Trinajstić information content (AvgIpc) is 3.11. The second-order valence-corrected chi connectivity index (χ2v) is 7.83. The van der Waals surface area contributed by atoms with Gasteiger partial charge in [0.05, 0.1) is 12.4 Å². The second kappa shape index (κ2) is 28.8. The fraction of sp³-hybridized carbons (Fsp3) is 0.0370. The molecular weight excluding hydrogens is 792 g/mol. The van der Waals surface area contributed by atoms with E-state index in [1.54, 1.807) is 60.7 Å². The molecule has 0 fully saturated rings. The molecule has 0 aliphatic rings. The Labute approximate surface area is 289 Å². The number of aromatic hydroxyl groups is 2. The molecule has 4 aromatic rings. The summed E-state index contributed by atoms with van der Waals surface area (Å²) in [5.74, 6) is -0.780. The van der Waals surface area contributed by atoms with Gasteiger partial charge >= 0.3 is 46.3 Å². The molecule has 4 rings (SSSR count). The van der Waals surface area contributed by atoms with E-state index in [1.165, 1.54) is 37.2 Å². The summed E-state index contributed by atoms with van der Waals surface area (Å²) in [5.41, 5.74) is 8.21. The topological polar surface area (TPSA) is 327 Å². The van der Waals surface area contributed by atoms with Gasteiger partial charge in [-0.1, -0.05) is 12.1 Å². The molecule has 20 heteroatoms. The van der Waals surface area contributed by atoms with Crippen LogP contribution in [-0.4, -0.2) is 76.4 Å². The Bertz CT molecular complexity index is 1410. The average molecular weight is 822 g/mol. The van der Waals surface area contributed by atoms with E-state index in [2.05, 4.69) is 31.0 Å². The number of phenolic OH excluding ortho intramolecular Hbond substituents is 2. The summed E-state index contributed by atoms with van der Waals surface area (Å²) in [5, 5.41) is 52.2. The van der Waals surface area contributed by atoms with Crippen molar-refractivity contribution in [3.63, 3.8) is 0 Å². The number of hydrogen-bond donors (Lipinski definition) is 8. The summed E-state index contributed by atoms with van der Waals surface area (Å²) in [4.78, 5) is 31.9. The summed E-state index contributed by atoms with van der Waals surface area (Å²) in [7, 11) is 0. The summed E-state index contributed by atoms with van der Waals surface area (Å²) >= 11 is 1.40. The van der Waals surface area contributed by atoms with E-state index in [9.17, 15) is 19.8 Å². The maximum atomic E-state index is 12.1. The number of phenols is 2. The number of nitrogens with one attached hydrogen (secondary N) is 2. The van der Waals surface area contributed by atoms with Crippen LogP contribution in [0.5, 0.6) is 11.5 Å². The summed E-state index contributed by atoms with van der Waals surface area (Å²) in [6.07, 6.45) is 9.23. The number of carbonyl (C=O) groups is 2. The Balaban J connectivity index is -0.00000180. The molecule has 0 spiro atoms. The van der Waals surface area contributed by atoms with Crippen molar-refractivity contribution in [2.45, 2.75) is 6.42 Å². The molecule has 18 nitrogen and oxygen atoms in total.